The van der Waals surface area contributed by atoms with E-state index in [2.05, 4.69) is 40.5 Å². The Bertz CT molecular complexity index is 389. The van der Waals surface area contributed by atoms with Crippen molar-refractivity contribution in [1.29, 1.82) is 0 Å². The largest absolute Gasteiger partial charge is 0.381 e. The van der Waals surface area contributed by atoms with E-state index in [0.717, 1.165) is 32.2 Å². The summed E-state index contributed by atoms with van der Waals surface area (Å²) in [7, 11) is 0. The summed E-state index contributed by atoms with van der Waals surface area (Å²) in [5.74, 6) is 0.796. The van der Waals surface area contributed by atoms with Gasteiger partial charge in [-0.2, -0.15) is 0 Å². The lowest BCUT2D eigenvalue weighted by atomic mass is 10.1. The van der Waals surface area contributed by atoms with Crippen molar-refractivity contribution in [3.05, 3.63) is 35.9 Å². The lowest BCUT2D eigenvalue weighted by Crippen LogP contribution is -2.33. The summed E-state index contributed by atoms with van der Waals surface area (Å²) in [4.78, 5) is 2.56. The van der Waals surface area contributed by atoms with Crippen molar-refractivity contribution in [2.45, 2.75) is 31.8 Å². The van der Waals surface area contributed by atoms with Crippen molar-refractivity contribution in [3.8, 4) is 0 Å². The van der Waals surface area contributed by atoms with E-state index in [1.165, 1.54) is 37.9 Å². The van der Waals surface area contributed by atoms with Crippen LogP contribution in [-0.2, 0) is 11.3 Å². The molecule has 1 aromatic carbocycles. The van der Waals surface area contributed by atoms with E-state index in [1.54, 1.807) is 0 Å². The van der Waals surface area contributed by atoms with Gasteiger partial charge in [0, 0.05) is 38.9 Å². The second-order valence-electron chi connectivity index (χ2n) is 6.18. The standard InChI is InChI=1S/C17H26N2O/c1-2-4-15(5-3-1)12-19-10-7-17(13-19)18-9-6-16-8-11-20-14-16/h1-5,16-18H,6-14H2. The van der Waals surface area contributed by atoms with Gasteiger partial charge in [-0.05, 0) is 37.3 Å². The fourth-order valence-corrected chi connectivity index (χ4v) is 3.29. The maximum absolute atomic E-state index is 5.43. The molecule has 2 fully saturated rings. The van der Waals surface area contributed by atoms with Gasteiger partial charge >= 0.3 is 0 Å². The van der Waals surface area contributed by atoms with Gasteiger partial charge in [0.1, 0.15) is 0 Å². The van der Waals surface area contributed by atoms with Gasteiger partial charge in [-0.3, -0.25) is 4.90 Å². The molecule has 20 heavy (non-hydrogen) atoms. The molecule has 110 valence electrons. The van der Waals surface area contributed by atoms with Crippen LogP contribution in [0.2, 0.25) is 0 Å². The molecule has 0 amide bonds. The summed E-state index contributed by atoms with van der Waals surface area (Å²) < 4.78 is 5.43. The minimum absolute atomic E-state index is 0.682. The number of hydrogen-bond acceptors (Lipinski definition) is 3. The van der Waals surface area contributed by atoms with Crippen molar-refractivity contribution in [2.24, 2.45) is 5.92 Å². The van der Waals surface area contributed by atoms with Crippen LogP contribution >= 0.6 is 0 Å². The number of nitrogens with zero attached hydrogens (tertiary/aromatic N) is 1. The van der Waals surface area contributed by atoms with Crippen LogP contribution in [-0.4, -0.2) is 43.8 Å². The molecule has 1 aromatic rings. The zero-order valence-corrected chi connectivity index (χ0v) is 12.3. The average Bonchev–Trinajstić information content (AvgIpc) is 3.12. The normalized spacial score (nSPS) is 27.2. The predicted octanol–water partition coefficient (Wildman–Crippen LogP) is 2.28. The smallest absolute Gasteiger partial charge is 0.0495 e. The van der Waals surface area contributed by atoms with Crippen molar-refractivity contribution in [2.75, 3.05) is 32.8 Å². The number of hydrogen-bond donors (Lipinski definition) is 1. The first-order valence-electron chi connectivity index (χ1n) is 7.97. The molecular formula is C17H26N2O. The third-order valence-electron chi connectivity index (χ3n) is 4.53. The van der Waals surface area contributed by atoms with Crippen molar-refractivity contribution >= 4 is 0 Å². The molecule has 0 aromatic heterocycles. The van der Waals surface area contributed by atoms with Crippen LogP contribution in [0.5, 0.6) is 0 Å². The Morgan fingerprint density at radius 1 is 1.20 bits per heavy atom. The van der Waals surface area contributed by atoms with Gasteiger partial charge < -0.3 is 10.1 Å². The van der Waals surface area contributed by atoms with Crippen molar-refractivity contribution in [1.82, 2.24) is 10.2 Å². The van der Waals surface area contributed by atoms with Crippen LogP contribution in [0.3, 0.4) is 0 Å². The lowest BCUT2D eigenvalue weighted by molar-refractivity contribution is 0.184. The fraction of sp³-hybridized carbons (Fsp3) is 0.647. The van der Waals surface area contributed by atoms with Gasteiger partial charge in [-0.1, -0.05) is 30.3 Å². The zero-order valence-electron chi connectivity index (χ0n) is 12.3. The van der Waals surface area contributed by atoms with Crippen molar-refractivity contribution in [3.63, 3.8) is 0 Å². The fourth-order valence-electron chi connectivity index (χ4n) is 3.29. The Morgan fingerprint density at radius 2 is 2.10 bits per heavy atom. The van der Waals surface area contributed by atoms with Gasteiger partial charge in [0.25, 0.3) is 0 Å². The topological polar surface area (TPSA) is 24.5 Å². The maximum Gasteiger partial charge on any atom is 0.0495 e. The molecular weight excluding hydrogens is 248 g/mol. The van der Waals surface area contributed by atoms with E-state index in [1.807, 2.05) is 0 Å². The van der Waals surface area contributed by atoms with Gasteiger partial charge in [0.15, 0.2) is 0 Å². The molecule has 3 nitrogen and oxygen atoms in total. The second-order valence-corrected chi connectivity index (χ2v) is 6.18. The van der Waals surface area contributed by atoms with Crippen LogP contribution < -0.4 is 5.32 Å². The Morgan fingerprint density at radius 3 is 2.90 bits per heavy atom. The highest BCUT2D eigenvalue weighted by Crippen LogP contribution is 2.17. The molecule has 0 spiro atoms. The summed E-state index contributed by atoms with van der Waals surface area (Å²) >= 11 is 0. The zero-order chi connectivity index (χ0) is 13.6. The van der Waals surface area contributed by atoms with E-state index < -0.39 is 0 Å². The van der Waals surface area contributed by atoms with Gasteiger partial charge in [-0.15, -0.1) is 0 Å². The number of rotatable bonds is 6. The Labute approximate surface area is 122 Å². The molecule has 3 heteroatoms. The maximum atomic E-state index is 5.43. The molecule has 2 aliphatic rings. The van der Waals surface area contributed by atoms with Gasteiger partial charge in [0.2, 0.25) is 0 Å². The first-order valence-corrected chi connectivity index (χ1v) is 7.97. The van der Waals surface area contributed by atoms with E-state index in [-0.39, 0.29) is 0 Å². The Hall–Kier alpha value is -0.900. The number of ether oxygens (including phenoxy) is 1. The highest BCUT2D eigenvalue weighted by atomic mass is 16.5. The monoisotopic (exact) mass is 274 g/mol. The molecule has 0 bridgehead atoms. The van der Waals surface area contributed by atoms with Crippen LogP contribution in [0, 0.1) is 5.92 Å². The first kappa shape index (κ1) is 14.1. The second kappa shape index (κ2) is 7.21. The highest BCUT2D eigenvalue weighted by molar-refractivity contribution is 5.14. The minimum Gasteiger partial charge on any atom is -0.381 e. The molecule has 2 unspecified atom stereocenters. The Kier molecular flexibility index (Phi) is 5.06. The van der Waals surface area contributed by atoms with Gasteiger partial charge in [0.05, 0.1) is 0 Å². The predicted molar refractivity (Wildman–Crippen MR) is 81.7 cm³/mol. The van der Waals surface area contributed by atoms with Crippen LogP contribution in [0.15, 0.2) is 30.3 Å². The molecule has 0 radical (unpaired) electrons. The van der Waals surface area contributed by atoms with Crippen LogP contribution in [0.4, 0.5) is 0 Å². The number of nitrogens with one attached hydrogen (secondary N) is 1. The SMILES string of the molecule is c1ccc(CN2CCC(NCCC3CCOC3)C2)cc1. The van der Waals surface area contributed by atoms with E-state index >= 15 is 0 Å². The average molecular weight is 274 g/mol. The summed E-state index contributed by atoms with van der Waals surface area (Å²) in [6.07, 6.45) is 3.82. The molecule has 0 saturated carbocycles. The van der Waals surface area contributed by atoms with E-state index in [0.29, 0.717) is 6.04 Å². The number of benzene rings is 1. The van der Waals surface area contributed by atoms with E-state index in [9.17, 15) is 0 Å². The third-order valence-corrected chi connectivity index (χ3v) is 4.53. The molecule has 2 saturated heterocycles. The quantitative estimate of drug-likeness (QED) is 0.861. The summed E-state index contributed by atoms with van der Waals surface area (Å²) in [5.41, 5.74) is 1.43. The molecule has 1 N–H and O–H groups in total. The van der Waals surface area contributed by atoms with Crippen molar-refractivity contribution < 1.29 is 4.74 Å². The van der Waals surface area contributed by atoms with E-state index in [4.69, 9.17) is 4.74 Å². The lowest BCUT2D eigenvalue weighted by Gasteiger charge is -2.17. The molecule has 3 rings (SSSR count). The highest BCUT2D eigenvalue weighted by Gasteiger charge is 2.22. The molecule has 2 atom stereocenters. The molecule has 2 heterocycles. The van der Waals surface area contributed by atoms with Crippen LogP contribution in [0.25, 0.3) is 0 Å². The minimum atomic E-state index is 0.682. The van der Waals surface area contributed by atoms with Crippen LogP contribution in [0.1, 0.15) is 24.8 Å². The number of likely N-dealkylation sites (tertiary alicyclic amines) is 1. The molecule has 2 aliphatic heterocycles. The summed E-state index contributed by atoms with van der Waals surface area (Å²) in [5, 5.41) is 3.73. The molecule has 0 aliphatic carbocycles. The Balaban J connectivity index is 1.34. The third kappa shape index (κ3) is 4.05. The summed E-state index contributed by atoms with van der Waals surface area (Å²) in [6.45, 7) is 6.61. The summed E-state index contributed by atoms with van der Waals surface area (Å²) in [6, 6.07) is 11.5. The van der Waals surface area contributed by atoms with Gasteiger partial charge in [-0.25, -0.2) is 0 Å². The first-order chi connectivity index (χ1) is 9.90.